The molecule has 1 aliphatic rings. The average molecular weight is 1120 g/mol. The number of aliphatic hydroxyl groups excluding tert-OH is 5. The molecule has 0 saturated carbocycles. The molecule has 0 aromatic heterocycles. The quantitative estimate of drug-likeness (QED) is 0.0195. The Kier molecular flexibility index (Phi) is 54.3. The summed E-state index contributed by atoms with van der Waals surface area (Å²) in [6, 6.07) is -1.02. The lowest BCUT2D eigenvalue weighted by Gasteiger charge is -2.41. The lowest BCUT2D eigenvalue weighted by atomic mass is 9.99. The lowest BCUT2D eigenvalue weighted by molar-refractivity contribution is -0.305. The van der Waals surface area contributed by atoms with Gasteiger partial charge < -0.3 is 45.1 Å². The van der Waals surface area contributed by atoms with Crippen LogP contribution in [0.3, 0.4) is 0 Å². The number of carbonyl (C=O) groups is 2. The summed E-state index contributed by atoms with van der Waals surface area (Å²) in [7, 11) is 0. The van der Waals surface area contributed by atoms with Crippen LogP contribution in [-0.2, 0) is 23.8 Å². The highest BCUT2D eigenvalue weighted by molar-refractivity contribution is 5.80. The number of allylic oxidation sites excluding steroid dienone is 1. The Labute approximate surface area is 487 Å². The number of esters is 1. The third kappa shape index (κ3) is 44.6. The van der Waals surface area contributed by atoms with Crippen molar-refractivity contribution >= 4 is 11.9 Å². The highest BCUT2D eigenvalue weighted by Gasteiger charge is 2.47. The van der Waals surface area contributed by atoms with Gasteiger partial charge in [-0.2, -0.15) is 0 Å². The first-order valence-corrected chi connectivity index (χ1v) is 34.5. The Morgan fingerprint density at radius 2 is 0.823 bits per heavy atom. The molecule has 11 nitrogen and oxygen atoms in total. The van der Waals surface area contributed by atoms with Gasteiger partial charge in [0.25, 0.3) is 0 Å². The molecule has 8 unspecified atom stereocenters. The van der Waals surface area contributed by atoms with E-state index >= 15 is 0 Å². The lowest BCUT2D eigenvalue weighted by Crippen LogP contribution is -2.61. The van der Waals surface area contributed by atoms with Crippen molar-refractivity contribution in [2.24, 2.45) is 0 Å². The molecule has 1 fully saturated rings. The van der Waals surface area contributed by atoms with Crippen LogP contribution < -0.4 is 5.32 Å². The number of unbranched alkanes of at least 4 members (excludes halogenated alkanes) is 46. The summed E-state index contributed by atoms with van der Waals surface area (Å²) < 4.78 is 17.7. The van der Waals surface area contributed by atoms with E-state index in [1.807, 2.05) is 6.08 Å². The van der Waals surface area contributed by atoms with Gasteiger partial charge in [-0.25, -0.2) is 0 Å². The molecule has 1 rings (SSSR count). The van der Waals surface area contributed by atoms with Crippen LogP contribution in [0.2, 0.25) is 0 Å². The second kappa shape index (κ2) is 56.9. The molecule has 0 radical (unpaired) electrons. The highest BCUT2D eigenvalue weighted by atomic mass is 16.7. The van der Waals surface area contributed by atoms with Gasteiger partial charge in [-0.15, -0.1) is 0 Å². The minimum atomic E-state index is -1.61. The fourth-order valence-corrected chi connectivity index (χ4v) is 11.2. The van der Waals surface area contributed by atoms with Crippen molar-refractivity contribution in [2.45, 2.75) is 397 Å². The first-order valence-electron chi connectivity index (χ1n) is 34.5. The third-order valence-electron chi connectivity index (χ3n) is 16.7. The molecule has 0 aromatic rings. The van der Waals surface area contributed by atoms with E-state index in [0.717, 1.165) is 57.8 Å². The zero-order chi connectivity index (χ0) is 57.5. The summed E-state index contributed by atoms with van der Waals surface area (Å²) in [6.07, 6.45) is 55.5. The molecule has 6 N–H and O–H groups in total. The predicted octanol–water partition coefficient (Wildman–Crippen LogP) is 17.1. The number of ether oxygens (including phenoxy) is 3. The minimum Gasteiger partial charge on any atom is -0.454 e. The molecule has 1 saturated heterocycles. The van der Waals surface area contributed by atoms with Crippen LogP contribution in [-0.4, -0.2) is 99.6 Å². The van der Waals surface area contributed by atoms with Gasteiger partial charge in [-0.3, -0.25) is 9.59 Å². The smallest absolute Gasteiger partial charge is 0.306 e. The van der Waals surface area contributed by atoms with Gasteiger partial charge >= 0.3 is 5.97 Å². The Morgan fingerprint density at radius 1 is 0.481 bits per heavy atom. The SMILES string of the molecule is CCCCCCCCCCC/C=C/C(O)C(COC1OC(CO)C(O)C(O)C1OC(=O)CCCCCCCCCCCCCCCCCCCCCCCCCCC)NC(=O)C(O)CCCCCCCCCCCCCCCC. The van der Waals surface area contributed by atoms with Gasteiger partial charge in [-0.05, 0) is 25.7 Å². The molecule has 1 amide bonds. The van der Waals surface area contributed by atoms with Crippen LogP contribution in [0.5, 0.6) is 0 Å². The van der Waals surface area contributed by atoms with Gasteiger partial charge in [0, 0.05) is 6.42 Å². The van der Waals surface area contributed by atoms with E-state index in [0.29, 0.717) is 19.3 Å². The summed E-state index contributed by atoms with van der Waals surface area (Å²) in [5.41, 5.74) is 0. The predicted molar refractivity (Wildman–Crippen MR) is 329 cm³/mol. The number of aliphatic hydroxyl groups is 5. The molecule has 1 aliphatic heterocycles. The maximum absolute atomic E-state index is 13.4. The van der Waals surface area contributed by atoms with Gasteiger partial charge in [0.05, 0.1) is 25.4 Å². The molecule has 468 valence electrons. The largest absolute Gasteiger partial charge is 0.454 e. The molecule has 79 heavy (non-hydrogen) atoms. The summed E-state index contributed by atoms with van der Waals surface area (Å²) in [4.78, 5) is 26.6. The number of rotatable bonds is 60. The number of nitrogens with one attached hydrogen (secondary N) is 1. The molecular weight excluding hydrogens is 991 g/mol. The molecule has 0 spiro atoms. The average Bonchev–Trinajstić information content (AvgIpc) is 3.45. The molecular formula is C68H131NO10. The van der Waals surface area contributed by atoms with Gasteiger partial charge in [0.2, 0.25) is 5.91 Å². The monoisotopic (exact) mass is 1120 g/mol. The third-order valence-corrected chi connectivity index (χ3v) is 16.7. The first-order chi connectivity index (χ1) is 38.7. The van der Waals surface area contributed by atoms with Crippen LogP contribution in [0, 0.1) is 0 Å². The van der Waals surface area contributed by atoms with Gasteiger partial charge in [0.15, 0.2) is 12.4 Å². The number of carbonyl (C=O) groups excluding carboxylic acids is 2. The number of hydrogen-bond acceptors (Lipinski definition) is 10. The summed E-state index contributed by atoms with van der Waals surface area (Å²) >= 11 is 0. The molecule has 0 aliphatic carbocycles. The molecule has 8 atom stereocenters. The molecule has 0 aromatic carbocycles. The zero-order valence-electron chi connectivity index (χ0n) is 52.0. The Morgan fingerprint density at radius 3 is 1.19 bits per heavy atom. The summed E-state index contributed by atoms with van der Waals surface area (Å²) in [6.45, 7) is 5.84. The maximum Gasteiger partial charge on any atom is 0.306 e. The summed E-state index contributed by atoms with van der Waals surface area (Å²) in [5.74, 6) is -1.17. The first kappa shape index (κ1) is 75.4. The molecule has 11 heteroatoms. The maximum atomic E-state index is 13.4. The highest BCUT2D eigenvalue weighted by Crippen LogP contribution is 2.26. The topological polar surface area (TPSA) is 175 Å². The fraction of sp³-hybridized carbons (Fsp3) is 0.941. The Bertz CT molecular complexity index is 1340. The van der Waals surface area contributed by atoms with E-state index in [4.69, 9.17) is 14.2 Å². The van der Waals surface area contributed by atoms with Crippen LogP contribution in [0.1, 0.15) is 348 Å². The van der Waals surface area contributed by atoms with Crippen molar-refractivity contribution in [1.29, 1.82) is 0 Å². The van der Waals surface area contributed by atoms with Crippen molar-refractivity contribution in [3.63, 3.8) is 0 Å². The summed E-state index contributed by atoms with van der Waals surface area (Å²) in [5, 5.41) is 57.1. The van der Waals surface area contributed by atoms with Crippen molar-refractivity contribution in [1.82, 2.24) is 5.32 Å². The Hall–Kier alpha value is -1.60. The minimum absolute atomic E-state index is 0.132. The van der Waals surface area contributed by atoms with E-state index in [2.05, 4.69) is 26.1 Å². The van der Waals surface area contributed by atoms with Crippen LogP contribution in [0.25, 0.3) is 0 Å². The second-order valence-electron chi connectivity index (χ2n) is 24.3. The van der Waals surface area contributed by atoms with E-state index in [1.165, 1.54) is 244 Å². The van der Waals surface area contributed by atoms with Crippen molar-refractivity contribution in [2.75, 3.05) is 13.2 Å². The van der Waals surface area contributed by atoms with Gasteiger partial charge in [0.1, 0.15) is 24.4 Å². The van der Waals surface area contributed by atoms with E-state index < -0.39 is 67.4 Å². The normalized spacial score (nSPS) is 18.8. The van der Waals surface area contributed by atoms with E-state index in [1.54, 1.807) is 6.08 Å². The Balaban J connectivity index is 2.52. The van der Waals surface area contributed by atoms with Crippen LogP contribution >= 0.6 is 0 Å². The number of hydrogen-bond donors (Lipinski definition) is 6. The van der Waals surface area contributed by atoms with E-state index in [9.17, 15) is 35.1 Å². The van der Waals surface area contributed by atoms with Gasteiger partial charge in [-0.1, -0.05) is 328 Å². The molecule has 1 heterocycles. The van der Waals surface area contributed by atoms with Crippen molar-refractivity contribution < 1.29 is 49.3 Å². The second-order valence-corrected chi connectivity index (χ2v) is 24.3. The standard InChI is InChI=1S/C68H131NO10/c1-4-7-10-13-16-19-22-24-26-27-28-29-30-31-32-33-34-35-36-38-41-44-47-50-53-56-63(73)79-66-65(75)64(74)62(57-70)78-68(66)77-58-59(60(71)54-51-48-45-42-39-21-18-15-12-9-6-3)69-67(76)61(72)55-52-49-46-43-40-37-25-23-20-17-14-11-8-5-2/h51,54,59-62,64-66,68,70-72,74-75H,4-50,52-53,55-58H2,1-3H3,(H,69,76)/b54-51+. The van der Waals surface area contributed by atoms with Crippen molar-refractivity contribution in [3.8, 4) is 0 Å². The van der Waals surface area contributed by atoms with Crippen LogP contribution in [0.4, 0.5) is 0 Å². The number of amides is 1. The fourth-order valence-electron chi connectivity index (χ4n) is 11.2. The zero-order valence-corrected chi connectivity index (χ0v) is 52.0. The molecule has 0 bridgehead atoms. The van der Waals surface area contributed by atoms with E-state index in [-0.39, 0.29) is 13.0 Å². The van der Waals surface area contributed by atoms with Crippen molar-refractivity contribution in [3.05, 3.63) is 12.2 Å². The van der Waals surface area contributed by atoms with Crippen LogP contribution in [0.15, 0.2) is 12.2 Å².